The molecule has 250 valence electrons. The summed E-state index contributed by atoms with van der Waals surface area (Å²) in [6.07, 6.45) is 4.02. The van der Waals surface area contributed by atoms with Gasteiger partial charge in [0.15, 0.2) is 0 Å². The molecule has 11 nitrogen and oxygen atoms in total. The summed E-state index contributed by atoms with van der Waals surface area (Å²) in [5, 5.41) is 30.7. The lowest BCUT2D eigenvalue weighted by Gasteiger charge is -2.47. The van der Waals surface area contributed by atoms with Crippen molar-refractivity contribution in [1.82, 2.24) is 0 Å². The molecule has 0 spiro atoms. The summed E-state index contributed by atoms with van der Waals surface area (Å²) in [4.78, 5) is 12.9. The van der Waals surface area contributed by atoms with Gasteiger partial charge in [-0.05, 0) is 56.9 Å². The normalized spacial score (nSPS) is 47.7. The first-order chi connectivity index (χ1) is 21.2. The molecule has 10 unspecified atom stereocenters. The van der Waals surface area contributed by atoms with Crippen LogP contribution in [0.2, 0.25) is 0 Å². The molecule has 6 fully saturated rings. The van der Waals surface area contributed by atoms with E-state index in [1.807, 2.05) is 6.92 Å². The van der Waals surface area contributed by atoms with Crippen LogP contribution in [-0.4, -0.2) is 120 Å². The van der Waals surface area contributed by atoms with Gasteiger partial charge < -0.3 is 48.5 Å². The fourth-order valence-corrected chi connectivity index (χ4v) is 8.18. The van der Waals surface area contributed by atoms with Gasteiger partial charge >= 0.3 is 5.97 Å². The minimum Gasteiger partial charge on any atom is -0.459 e. The van der Waals surface area contributed by atoms with Crippen molar-refractivity contribution in [2.24, 2.45) is 5.92 Å². The maximum Gasteiger partial charge on any atom is 0.308 e. The second kappa shape index (κ2) is 14.3. The molecule has 0 aromatic rings. The number of rotatable bonds is 9. The maximum absolute atomic E-state index is 12.9. The van der Waals surface area contributed by atoms with Crippen LogP contribution in [0.3, 0.4) is 0 Å². The highest BCUT2D eigenvalue weighted by Crippen LogP contribution is 2.39. The van der Waals surface area contributed by atoms with E-state index < -0.39 is 30.5 Å². The zero-order valence-corrected chi connectivity index (χ0v) is 26.2. The van der Waals surface area contributed by atoms with Crippen LogP contribution in [0.25, 0.3) is 0 Å². The molecular weight excluding hydrogens is 572 g/mol. The standard InChI is InChI=1S/C33H52O11/c1-4-24-17(2)11-20(40-24)6-5-19-7-9-25(39-19)27-14-23(36)33-26(42-27)10-8-21(41-33)12-31(37)43-30-16-38-28-13-22(35)29(15-34)44-32(28)18(30)3/h18-30,32-36H,2,4-16H2,1,3H3/t18-,19?,20?,21?,22?,23-,24+,25?,26?,27?,28+,29?,30?,32+,33?/m1/s1. The first-order valence-corrected chi connectivity index (χ1v) is 16.9. The Morgan fingerprint density at radius 3 is 2.39 bits per heavy atom. The van der Waals surface area contributed by atoms with Crippen LogP contribution >= 0.6 is 0 Å². The van der Waals surface area contributed by atoms with Crippen LogP contribution in [0.1, 0.15) is 84.5 Å². The molecule has 6 rings (SSSR count). The van der Waals surface area contributed by atoms with Gasteiger partial charge in [-0.3, -0.25) is 4.79 Å². The van der Waals surface area contributed by atoms with Crippen LogP contribution in [0.15, 0.2) is 12.2 Å². The smallest absolute Gasteiger partial charge is 0.308 e. The SMILES string of the molecule is C=C1CC(CCC2CCC(C3C[C@@H](O)C4OC(CC(=O)OC5CO[C@H]6CC(O)C(CO)O[C@H]6[C@@H]5C)CCC4O3)O2)O[C@H]1CC. The van der Waals surface area contributed by atoms with Gasteiger partial charge in [0.1, 0.15) is 18.3 Å². The Labute approximate surface area is 260 Å². The van der Waals surface area contributed by atoms with Gasteiger partial charge in [0.2, 0.25) is 0 Å². The largest absolute Gasteiger partial charge is 0.459 e. The van der Waals surface area contributed by atoms with E-state index >= 15 is 0 Å². The van der Waals surface area contributed by atoms with Crippen molar-refractivity contribution in [3.05, 3.63) is 12.2 Å². The number of hydrogen-bond donors (Lipinski definition) is 3. The summed E-state index contributed by atoms with van der Waals surface area (Å²) >= 11 is 0. The lowest BCUT2D eigenvalue weighted by molar-refractivity contribution is -0.253. The van der Waals surface area contributed by atoms with Crippen LogP contribution < -0.4 is 0 Å². The molecule has 0 aromatic carbocycles. The van der Waals surface area contributed by atoms with Crippen molar-refractivity contribution in [3.63, 3.8) is 0 Å². The van der Waals surface area contributed by atoms with E-state index in [0.29, 0.717) is 25.7 Å². The second-order valence-electron chi connectivity index (χ2n) is 13.9. The molecule has 0 saturated carbocycles. The molecule has 11 heteroatoms. The van der Waals surface area contributed by atoms with Crippen molar-refractivity contribution in [3.8, 4) is 0 Å². The van der Waals surface area contributed by atoms with Gasteiger partial charge in [0.05, 0.1) is 86.8 Å². The third-order valence-corrected chi connectivity index (χ3v) is 10.8. The summed E-state index contributed by atoms with van der Waals surface area (Å²) in [7, 11) is 0. The fourth-order valence-electron chi connectivity index (χ4n) is 8.18. The molecule has 0 radical (unpaired) electrons. The summed E-state index contributed by atoms with van der Waals surface area (Å²) in [6.45, 7) is 8.19. The molecule has 0 bridgehead atoms. The van der Waals surface area contributed by atoms with Crippen LogP contribution in [0.4, 0.5) is 0 Å². The molecule has 0 aromatic heterocycles. The van der Waals surface area contributed by atoms with Crippen molar-refractivity contribution < 1.29 is 53.3 Å². The molecule has 0 amide bonds. The number of esters is 1. The van der Waals surface area contributed by atoms with Crippen LogP contribution in [0, 0.1) is 5.92 Å². The first-order valence-electron chi connectivity index (χ1n) is 16.9. The van der Waals surface area contributed by atoms with Crippen molar-refractivity contribution in [2.45, 2.75) is 170 Å². The van der Waals surface area contributed by atoms with E-state index in [-0.39, 0.29) is 86.5 Å². The zero-order valence-electron chi connectivity index (χ0n) is 26.2. The number of carbonyl (C=O) groups excluding carboxylic acids is 1. The van der Waals surface area contributed by atoms with Gasteiger partial charge in [0, 0.05) is 18.8 Å². The molecule has 6 heterocycles. The molecule has 6 aliphatic heterocycles. The average molecular weight is 625 g/mol. The van der Waals surface area contributed by atoms with Gasteiger partial charge in [-0.1, -0.05) is 20.4 Å². The lowest BCUT2D eigenvalue weighted by atomic mass is 9.85. The number of fused-ring (bicyclic) bond motifs is 2. The molecule has 15 atom stereocenters. The molecule has 6 aliphatic rings. The van der Waals surface area contributed by atoms with Gasteiger partial charge in [0.25, 0.3) is 0 Å². The van der Waals surface area contributed by atoms with Gasteiger partial charge in [-0.25, -0.2) is 0 Å². The highest BCUT2D eigenvalue weighted by molar-refractivity contribution is 5.70. The minimum absolute atomic E-state index is 0.0329. The summed E-state index contributed by atoms with van der Waals surface area (Å²) in [5.41, 5.74) is 1.20. The second-order valence-corrected chi connectivity index (χ2v) is 13.9. The molecule has 44 heavy (non-hydrogen) atoms. The van der Waals surface area contributed by atoms with E-state index in [4.69, 9.17) is 33.2 Å². The van der Waals surface area contributed by atoms with E-state index in [1.165, 1.54) is 5.57 Å². The average Bonchev–Trinajstić information content (AvgIpc) is 3.63. The molecule has 0 aliphatic carbocycles. The third-order valence-electron chi connectivity index (χ3n) is 10.8. The Morgan fingerprint density at radius 2 is 1.61 bits per heavy atom. The highest BCUT2D eigenvalue weighted by atomic mass is 16.6. The Morgan fingerprint density at radius 1 is 0.864 bits per heavy atom. The van der Waals surface area contributed by atoms with E-state index in [0.717, 1.165) is 38.5 Å². The summed E-state index contributed by atoms with van der Waals surface area (Å²) in [5.74, 6) is -0.530. The number of aliphatic hydroxyl groups excluding tert-OH is 3. The summed E-state index contributed by atoms with van der Waals surface area (Å²) in [6, 6.07) is 0. The van der Waals surface area contributed by atoms with Crippen LogP contribution in [-0.2, 0) is 38.0 Å². The Hall–Kier alpha value is -1.15. The molecular formula is C33H52O11. The summed E-state index contributed by atoms with van der Waals surface area (Å²) < 4.78 is 42.8. The predicted octanol–water partition coefficient (Wildman–Crippen LogP) is 2.35. The Bertz CT molecular complexity index is 993. The Balaban J connectivity index is 0.926. The predicted molar refractivity (Wildman–Crippen MR) is 157 cm³/mol. The van der Waals surface area contributed by atoms with Gasteiger partial charge in [-0.2, -0.15) is 0 Å². The number of carbonyl (C=O) groups is 1. The first kappa shape index (κ1) is 32.8. The monoisotopic (exact) mass is 624 g/mol. The van der Waals surface area contributed by atoms with Crippen molar-refractivity contribution >= 4 is 5.97 Å². The quantitative estimate of drug-likeness (QED) is 0.257. The maximum atomic E-state index is 12.9. The number of hydrogen-bond acceptors (Lipinski definition) is 11. The number of ether oxygens (including phenoxy) is 7. The van der Waals surface area contributed by atoms with E-state index in [1.54, 1.807) is 0 Å². The molecule has 3 N–H and O–H groups in total. The zero-order chi connectivity index (χ0) is 31.0. The molecule has 6 saturated heterocycles. The third kappa shape index (κ3) is 7.21. The van der Waals surface area contributed by atoms with E-state index in [9.17, 15) is 20.1 Å². The topological polar surface area (TPSA) is 142 Å². The van der Waals surface area contributed by atoms with Gasteiger partial charge in [-0.15, -0.1) is 0 Å². The number of aliphatic hydroxyl groups is 3. The highest BCUT2D eigenvalue weighted by Gasteiger charge is 2.49. The Kier molecular flexibility index (Phi) is 10.7. The fraction of sp³-hybridized carbons (Fsp3) is 0.909. The van der Waals surface area contributed by atoms with Crippen LogP contribution in [0.5, 0.6) is 0 Å². The van der Waals surface area contributed by atoms with E-state index in [2.05, 4.69) is 13.5 Å². The minimum atomic E-state index is -0.783. The lowest BCUT2D eigenvalue weighted by Crippen LogP contribution is -2.58. The van der Waals surface area contributed by atoms with Crippen molar-refractivity contribution in [2.75, 3.05) is 13.2 Å². The van der Waals surface area contributed by atoms with Crippen molar-refractivity contribution in [1.29, 1.82) is 0 Å².